The van der Waals surface area contributed by atoms with Crippen LogP contribution in [0.5, 0.6) is 5.88 Å². The zero-order valence-electron chi connectivity index (χ0n) is 15.5. The zero-order chi connectivity index (χ0) is 19.5. The van der Waals surface area contributed by atoms with Crippen molar-refractivity contribution in [2.75, 3.05) is 25.1 Å². The Morgan fingerprint density at radius 2 is 2.32 bits per heavy atom. The Kier molecular flexibility index (Phi) is 5.02. The highest BCUT2D eigenvalue weighted by atomic mass is 19.1. The monoisotopic (exact) mass is 385 g/mol. The topological polar surface area (TPSA) is 98.0 Å². The lowest BCUT2D eigenvalue weighted by molar-refractivity contribution is 0.0827. The lowest BCUT2D eigenvalue weighted by Gasteiger charge is -2.18. The third-order valence-electron chi connectivity index (χ3n) is 4.21. The van der Waals surface area contributed by atoms with Crippen molar-refractivity contribution in [3.05, 3.63) is 47.7 Å². The molecule has 0 saturated heterocycles. The predicted molar refractivity (Wildman–Crippen MR) is 101 cm³/mol. The van der Waals surface area contributed by atoms with E-state index in [1.165, 1.54) is 6.07 Å². The SMILES string of the molecule is CCOc1ncc(F)cc1[C@@H](C)Nc1ccn2ncc(C3=NCCON3)c2n1. The molecular weight excluding hydrogens is 365 g/mol. The predicted octanol–water partition coefficient (Wildman–Crippen LogP) is 2.12. The number of ether oxygens (including phenoxy) is 1. The molecule has 3 aromatic heterocycles. The molecule has 146 valence electrons. The van der Waals surface area contributed by atoms with Crippen LogP contribution in [0.1, 0.15) is 31.0 Å². The van der Waals surface area contributed by atoms with Crippen LogP contribution in [0.2, 0.25) is 0 Å². The van der Waals surface area contributed by atoms with E-state index < -0.39 is 5.82 Å². The third kappa shape index (κ3) is 3.58. The molecule has 0 aliphatic carbocycles. The van der Waals surface area contributed by atoms with Gasteiger partial charge in [0.05, 0.1) is 43.8 Å². The molecule has 4 rings (SSSR count). The smallest absolute Gasteiger partial charge is 0.218 e. The lowest BCUT2D eigenvalue weighted by Crippen LogP contribution is -2.30. The number of hydrogen-bond acceptors (Lipinski definition) is 8. The second-order valence-corrected chi connectivity index (χ2v) is 6.17. The molecule has 3 aromatic rings. The van der Waals surface area contributed by atoms with Gasteiger partial charge in [-0.1, -0.05) is 0 Å². The number of hydrogen-bond donors (Lipinski definition) is 2. The van der Waals surface area contributed by atoms with Gasteiger partial charge in [0.1, 0.15) is 11.6 Å². The number of pyridine rings is 1. The van der Waals surface area contributed by atoms with E-state index in [-0.39, 0.29) is 6.04 Å². The molecule has 9 nitrogen and oxygen atoms in total. The number of rotatable bonds is 6. The summed E-state index contributed by atoms with van der Waals surface area (Å²) in [6.07, 6.45) is 4.61. The Labute approximate surface area is 160 Å². The van der Waals surface area contributed by atoms with Crippen molar-refractivity contribution in [2.45, 2.75) is 19.9 Å². The minimum absolute atomic E-state index is 0.278. The number of amidine groups is 1. The maximum absolute atomic E-state index is 13.7. The molecule has 2 N–H and O–H groups in total. The Morgan fingerprint density at radius 3 is 3.11 bits per heavy atom. The fourth-order valence-corrected chi connectivity index (χ4v) is 2.92. The van der Waals surface area contributed by atoms with Crippen molar-refractivity contribution in [3.63, 3.8) is 0 Å². The summed E-state index contributed by atoms with van der Waals surface area (Å²) in [6.45, 7) is 5.28. The van der Waals surface area contributed by atoms with Gasteiger partial charge in [-0.15, -0.1) is 0 Å². The van der Waals surface area contributed by atoms with E-state index in [2.05, 4.69) is 30.9 Å². The highest BCUT2D eigenvalue weighted by Gasteiger charge is 2.18. The number of hydroxylamine groups is 1. The molecule has 0 radical (unpaired) electrons. The molecule has 0 amide bonds. The summed E-state index contributed by atoms with van der Waals surface area (Å²) in [7, 11) is 0. The van der Waals surface area contributed by atoms with E-state index in [1.807, 2.05) is 13.8 Å². The van der Waals surface area contributed by atoms with Crippen LogP contribution in [0.4, 0.5) is 10.2 Å². The van der Waals surface area contributed by atoms with Crippen molar-refractivity contribution < 1.29 is 14.0 Å². The molecule has 0 bridgehead atoms. The van der Waals surface area contributed by atoms with Crippen LogP contribution in [-0.2, 0) is 4.84 Å². The summed E-state index contributed by atoms with van der Waals surface area (Å²) in [6, 6.07) is 2.93. The van der Waals surface area contributed by atoms with Gasteiger partial charge in [0.2, 0.25) is 5.88 Å². The number of nitrogens with one attached hydrogen (secondary N) is 2. The average molecular weight is 385 g/mol. The second kappa shape index (κ2) is 7.77. The second-order valence-electron chi connectivity index (χ2n) is 6.17. The molecule has 0 aromatic carbocycles. The van der Waals surface area contributed by atoms with Crippen LogP contribution in [-0.4, -0.2) is 45.2 Å². The van der Waals surface area contributed by atoms with Gasteiger partial charge in [-0.05, 0) is 26.0 Å². The van der Waals surface area contributed by atoms with E-state index in [1.54, 1.807) is 23.0 Å². The van der Waals surface area contributed by atoms with Gasteiger partial charge in [-0.25, -0.2) is 24.4 Å². The summed E-state index contributed by atoms with van der Waals surface area (Å²) in [4.78, 5) is 18.3. The number of aliphatic imine (C=N–C) groups is 1. The number of anilines is 1. The molecule has 0 fully saturated rings. The first-order valence-electron chi connectivity index (χ1n) is 8.97. The van der Waals surface area contributed by atoms with Crippen LogP contribution in [0.25, 0.3) is 5.65 Å². The summed E-state index contributed by atoms with van der Waals surface area (Å²) in [5.74, 6) is 1.17. The first-order valence-corrected chi connectivity index (χ1v) is 8.97. The molecule has 0 spiro atoms. The fourth-order valence-electron chi connectivity index (χ4n) is 2.92. The van der Waals surface area contributed by atoms with Crippen molar-refractivity contribution in [1.82, 2.24) is 25.1 Å². The zero-order valence-corrected chi connectivity index (χ0v) is 15.5. The quantitative estimate of drug-likeness (QED) is 0.671. The molecule has 1 atom stereocenters. The highest BCUT2D eigenvalue weighted by Crippen LogP contribution is 2.26. The largest absolute Gasteiger partial charge is 0.478 e. The van der Waals surface area contributed by atoms with Crippen LogP contribution >= 0.6 is 0 Å². The van der Waals surface area contributed by atoms with Crippen LogP contribution in [0.3, 0.4) is 0 Å². The Balaban J connectivity index is 1.63. The van der Waals surface area contributed by atoms with Gasteiger partial charge < -0.3 is 10.1 Å². The fraction of sp³-hybridized carbons (Fsp3) is 0.333. The lowest BCUT2D eigenvalue weighted by atomic mass is 10.1. The maximum atomic E-state index is 13.7. The molecule has 4 heterocycles. The normalized spacial score (nSPS) is 15.0. The van der Waals surface area contributed by atoms with Crippen LogP contribution < -0.4 is 15.5 Å². The van der Waals surface area contributed by atoms with Gasteiger partial charge in [-0.2, -0.15) is 5.10 Å². The number of nitrogens with zero attached hydrogens (tertiary/aromatic N) is 5. The highest BCUT2D eigenvalue weighted by molar-refractivity contribution is 6.03. The summed E-state index contributed by atoms with van der Waals surface area (Å²) in [5.41, 5.74) is 4.77. The number of fused-ring (bicyclic) bond motifs is 1. The van der Waals surface area contributed by atoms with Crippen LogP contribution in [0.15, 0.2) is 35.7 Å². The Bertz CT molecular complexity index is 1020. The first-order chi connectivity index (χ1) is 13.7. The minimum atomic E-state index is -0.421. The Hall–Kier alpha value is -3.27. The molecule has 28 heavy (non-hydrogen) atoms. The third-order valence-corrected chi connectivity index (χ3v) is 4.21. The standard InChI is InChI=1S/C18H20FN7O2/c1-3-27-18-13(8-12(19)9-21-18)11(2)23-15-4-6-26-17(24-15)14(10-22-26)16-20-5-7-28-25-16/h4,6,8-11H,3,5,7H2,1-2H3,(H,20,25)(H,23,24)/t11-/m1/s1. The number of halogens is 1. The van der Waals surface area contributed by atoms with Gasteiger partial charge in [-0.3, -0.25) is 9.83 Å². The van der Waals surface area contributed by atoms with E-state index >= 15 is 0 Å². The molecule has 1 aliphatic heterocycles. The molecular formula is C18H20FN7O2. The van der Waals surface area contributed by atoms with Gasteiger partial charge in [0, 0.05) is 11.8 Å². The van der Waals surface area contributed by atoms with E-state index in [4.69, 9.17) is 9.57 Å². The van der Waals surface area contributed by atoms with Crippen molar-refractivity contribution in [2.24, 2.45) is 4.99 Å². The van der Waals surface area contributed by atoms with Crippen molar-refractivity contribution in [3.8, 4) is 5.88 Å². The first kappa shape index (κ1) is 18.1. The average Bonchev–Trinajstić information content (AvgIpc) is 3.13. The molecule has 0 unspecified atom stereocenters. The maximum Gasteiger partial charge on any atom is 0.218 e. The molecule has 10 heteroatoms. The molecule has 0 saturated carbocycles. The van der Waals surface area contributed by atoms with Gasteiger partial charge in [0.15, 0.2) is 11.5 Å². The van der Waals surface area contributed by atoms with E-state index in [0.29, 0.717) is 48.5 Å². The van der Waals surface area contributed by atoms with E-state index in [0.717, 1.165) is 11.8 Å². The van der Waals surface area contributed by atoms with Crippen molar-refractivity contribution >= 4 is 17.3 Å². The van der Waals surface area contributed by atoms with Gasteiger partial charge >= 0.3 is 0 Å². The Morgan fingerprint density at radius 1 is 1.43 bits per heavy atom. The van der Waals surface area contributed by atoms with Crippen LogP contribution in [0, 0.1) is 5.82 Å². The van der Waals surface area contributed by atoms with Crippen molar-refractivity contribution in [1.29, 1.82) is 0 Å². The minimum Gasteiger partial charge on any atom is -0.478 e. The van der Waals surface area contributed by atoms with Gasteiger partial charge in [0.25, 0.3) is 0 Å². The summed E-state index contributed by atoms with van der Waals surface area (Å²) >= 11 is 0. The number of aromatic nitrogens is 4. The summed E-state index contributed by atoms with van der Waals surface area (Å²) < 4.78 is 20.9. The van der Waals surface area contributed by atoms with E-state index in [9.17, 15) is 4.39 Å². The molecule has 1 aliphatic rings. The summed E-state index contributed by atoms with van der Waals surface area (Å²) in [5, 5.41) is 7.56.